The first-order valence-electron chi connectivity index (χ1n) is 4.89. The number of hydrogen-bond acceptors (Lipinski definition) is 4. The quantitative estimate of drug-likeness (QED) is 0.606. The number of amides is 1. The summed E-state index contributed by atoms with van der Waals surface area (Å²) in [6, 6.07) is 6.09. The summed E-state index contributed by atoms with van der Waals surface area (Å²) in [6.45, 7) is 1.34. The second-order valence-corrected chi connectivity index (χ2v) is 3.31. The highest BCUT2D eigenvalue weighted by molar-refractivity contribution is 5.95. The van der Waals surface area contributed by atoms with E-state index in [0.29, 0.717) is 11.3 Å². The lowest BCUT2D eigenvalue weighted by molar-refractivity contribution is -0.134. The van der Waals surface area contributed by atoms with Crippen molar-refractivity contribution in [2.24, 2.45) is 0 Å². The van der Waals surface area contributed by atoms with Crippen LogP contribution < -0.4 is 5.32 Å². The summed E-state index contributed by atoms with van der Waals surface area (Å²) < 4.78 is 4.49. The number of ether oxygens (including phenoxy) is 1. The van der Waals surface area contributed by atoms with Crippen molar-refractivity contribution < 1.29 is 19.4 Å². The van der Waals surface area contributed by atoms with Crippen LogP contribution in [0.2, 0.25) is 0 Å². The van der Waals surface area contributed by atoms with Crippen molar-refractivity contribution in [2.45, 2.75) is 6.92 Å². The van der Waals surface area contributed by atoms with Crippen LogP contribution in [0.3, 0.4) is 0 Å². The third-order valence-corrected chi connectivity index (χ3v) is 1.95. The summed E-state index contributed by atoms with van der Waals surface area (Å²) >= 11 is 0. The lowest BCUT2D eigenvalue weighted by Gasteiger charge is -2.08. The van der Waals surface area contributed by atoms with Crippen molar-refractivity contribution in [3.05, 3.63) is 35.9 Å². The van der Waals surface area contributed by atoms with Crippen molar-refractivity contribution in [2.75, 3.05) is 7.11 Å². The molecule has 2 N–H and O–H groups in total. The number of hydrogen-bond donors (Lipinski definition) is 2. The molecule has 5 heteroatoms. The molecule has 90 valence electrons. The van der Waals surface area contributed by atoms with Crippen LogP contribution in [0.5, 0.6) is 5.75 Å². The number of aromatic hydroxyl groups is 1. The van der Waals surface area contributed by atoms with Crippen LogP contribution in [0.4, 0.5) is 0 Å². The number of methoxy groups -OCH3 is 1. The van der Waals surface area contributed by atoms with E-state index < -0.39 is 5.97 Å². The SMILES string of the molecule is COC(=O)C=C(NC(C)=O)c1ccc(O)cc1. The zero-order chi connectivity index (χ0) is 12.8. The van der Waals surface area contributed by atoms with Crippen LogP contribution in [0.1, 0.15) is 12.5 Å². The van der Waals surface area contributed by atoms with Crippen molar-refractivity contribution in [1.29, 1.82) is 0 Å². The minimum Gasteiger partial charge on any atom is -0.508 e. The highest BCUT2D eigenvalue weighted by Crippen LogP contribution is 2.16. The third-order valence-electron chi connectivity index (χ3n) is 1.95. The summed E-state index contributed by atoms with van der Waals surface area (Å²) in [4.78, 5) is 22.2. The second-order valence-electron chi connectivity index (χ2n) is 3.31. The van der Waals surface area contributed by atoms with Gasteiger partial charge in [-0.05, 0) is 29.8 Å². The Morgan fingerprint density at radius 3 is 2.35 bits per heavy atom. The Morgan fingerprint density at radius 2 is 1.88 bits per heavy atom. The van der Waals surface area contributed by atoms with Gasteiger partial charge < -0.3 is 15.2 Å². The van der Waals surface area contributed by atoms with Gasteiger partial charge in [-0.25, -0.2) is 4.79 Å². The summed E-state index contributed by atoms with van der Waals surface area (Å²) in [7, 11) is 1.25. The molecule has 0 saturated carbocycles. The van der Waals surface area contributed by atoms with Gasteiger partial charge in [0.25, 0.3) is 0 Å². The van der Waals surface area contributed by atoms with E-state index in [4.69, 9.17) is 5.11 Å². The maximum atomic E-state index is 11.1. The Bertz CT molecular complexity index is 448. The van der Waals surface area contributed by atoms with E-state index in [1.807, 2.05) is 0 Å². The zero-order valence-corrected chi connectivity index (χ0v) is 9.56. The topological polar surface area (TPSA) is 75.6 Å². The summed E-state index contributed by atoms with van der Waals surface area (Å²) in [6.07, 6.45) is 1.17. The molecular weight excluding hydrogens is 222 g/mol. The molecule has 0 aliphatic heterocycles. The number of esters is 1. The van der Waals surface area contributed by atoms with Gasteiger partial charge in [0.1, 0.15) is 5.75 Å². The minimum absolute atomic E-state index is 0.106. The Balaban J connectivity index is 3.05. The minimum atomic E-state index is -0.568. The molecule has 0 aliphatic rings. The predicted octanol–water partition coefficient (Wildman–Crippen LogP) is 1.04. The largest absolute Gasteiger partial charge is 0.508 e. The smallest absolute Gasteiger partial charge is 0.332 e. The molecule has 0 fully saturated rings. The standard InChI is InChI=1S/C12H13NO4/c1-8(14)13-11(7-12(16)17-2)9-3-5-10(15)6-4-9/h3-7,15H,1-2H3,(H,13,14). The summed E-state index contributed by atoms with van der Waals surface area (Å²) in [5.41, 5.74) is 0.924. The van der Waals surface area contributed by atoms with Gasteiger partial charge in [-0.2, -0.15) is 0 Å². The fraction of sp³-hybridized carbons (Fsp3) is 0.167. The molecule has 0 heterocycles. The zero-order valence-electron chi connectivity index (χ0n) is 9.56. The molecule has 0 radical (unpaired) electrons. The van der Waals surface area contributed by atoms with Crippen LogP contribution in [-0.4, -0.2) is 24.1 Å². The Morgan fingerprint density at radius 1 is 1.29 bits per heavy atom. The maximum Gasteiger partial charge on any atom is 0.332 e. The van der Waals surface area contributed by atoms with E-state index in [1.165, 1.54) is 32.2 Å². The number of carbonyl (C=O) groups excluding carboxylic acids is 2. The number of carbonyl (C=O) groups is 2. The second kappa shape index (κ2) is 5.69. The van der Waals surface area contributed by atoms with E-state index in [0.717, 1.165) is 0 Å². The van der Waals surface area contributed by atoms with Crippen molar-refractivity contribution >= 4 is 17.6 Å². The molecule has 0 saturated heterocycles. The van der Waals surface area contributed by atoms with Gasteiger partial charge in [-0.1, -0.05) is 0 Å². The number of phenolic OH excluding ortho intramolecular Hbond substituents is 1. The monoisotopic (exact) mass is 235 g/mol. The summed E-state index contributed by atoms with van der Waals surface area (Å²) in [5, 5.41) is 11.7. The van der Waals surface area contributed by atoms with Gasteiger partial charge in [0.15, 0.2) is 0 Å². The fourth-order valence-corrected chi connectivity index (χ4v) is 1.20. The predicted molar refractivity (Wildman–Crippen MR) is 61.9 cm³/mol. The van der Waals surface area contributed by atoms with E-state index in [9.17, 15) is 9.59 Å². The van der Waals surface area contributed by atoms with Crippen LogP contribution in [0, 0.1) is 0 Å². The molecule has 5 nitrogen and oxygen atoms in total. The Kier molecular flexibility index (Phi) is 4.28. The lowest BCUT2D eigenvalue weighted by atomic mass is 10.1. The molecule has 17 heavy (non-hydrogen) atoms. The van der Waals surface area contributed by atoms with Crippen LogP contribution in [0.15, 0.2) is 30.3 Å². The van der Waals surface area contributed by atoms with Gasteiger partial charge in [0.05, 0.1) is 12.8 Å². The molecule has 0 unspecified atom stereocenters. The van der Waals surface area contributed by atoms with E-state index >= 15 is 0 Å². The van der Waals surface area contributed by atoms with Gasteiger partial charge in [0.2, 0.25) is 5.91 Å². The maximum absolute atomic E-state index is 11.1. The molecule has 1 aromatic rings. The van der Waals surface area contributed by atoms with E-state index in [2.05, 4.69) is 10.1 Å². The average molecular weight is 235 g/mol. The molecule has 1 aromatic carbocycles. The molecule has 0 aromatic heterocycles. The van der Waals surface area contributed by atoms with Gasteiger partial charge in [-0.15, -0.1) is 0 Å². The molecule has 0 atom stereocenters. The number of phenols is 1. The first-order chi connectivity index (χ1) is 8.02. The Labute approximate surface area is 98.7 Å². The van der Waals surface area contributed by atoms with E-state index in [-0.39, 0.29) is 11.7 Å². The first-order valence-corrected chi connectivity index (χ1v) is 4.89. The lowest BCUT2D eigenvalue weighted by Crippen LogP contribution is -2.19. The summed E-state index contributed by atoms with van der Waals surface area (Å²) in [5.74, 6) is -0.760. The molecule has 0 bridgehead atoms. The van der Waals surface area contributed by atoms with Crippen molar-refractivity contribution in [3.63, 3.8) is 0 Å². The third kappa shape index (κ3) is 3.98. The molecule has 0 aliphatic carbocycles. The first kappa shape index (κ1) is 12.8. The Hall–Kier alpha value is -2.30. The van der Waals surface area contributed by atoms with Crippen LogP contribution >= 0.6 is 0 Å². The number of rotatable bonds is 3. The molecule has 1 rings (SSSR count). The van der Waals surface area contributed by atoms with Gasteiger partial charge >= 0.3 is 5.97 Å². The van der Waals surface area contributed by atoms with Gasteiger partial charge in [0, 0.05) is 13.0 Å². The van der Waals surface area contributed by atoms with Crippen LogP contribution in [-0.2, 0) is 14.3 Å². The molecular formula is C12H13NO4. The highest BCUT2D eigenvalue weighted by Gasteiger charge is 2.06. The highest BCUT2D eigenvalue weighted by atomic mass is 16.5. The fourth-order valence-electron chi connectivity index (χ4n) is 1.20. The number of nitrogens with one attached hydrogen (secondary N) is 1. The van der Waals surface area contributed by atoms with Gasteiger partial charge in [-0.3, -0.25) is 4.79 Å². The average Bonchev–Trinajstić information content (AvgIpc) is 2.28. The molecule has 1 amide bonds. The van der Waals surface area contributed by atoms with Crippen LogP contribution in [0.25, 0.3) is 5.70 Å². The normalized spacial score (nSPS) is 10.8. The molecule has 0 spiro atoms. The van der Waals surface area contributed by atoms with Crippen molar-refractivity contribution in [3.8, 4) is 5.75 Å². The number of benzene rings is 1. The van der Waals surface area contributed by atoms with E-state index in [1.54, 1.807) is 12.1 Å². The van der Waals surface area contributed by atoms with Crippen molar-refractivity contribution in [1.82, 2.24) is 5.32 Å².